The summed E-state index contributed by atoms with van der Waals surface area (Å²) in [6.45, 7) is 2.44. The van der Waals surface area contributed by atoms with Crippen molar-refractivity contribution in [2.24, 2.45) is 5.41 Å². The van der Waals surface area contributed by atoms with Crippen molar-refractivity contribution >= 4 is 11.8 Å². The van der Waals surface area contributed by atoms with Crippen LogP contribution in [0.15, 0.2) is 12.4 Å². The number of carbonyl (C=O) groups excluding carboxylic acids is 2. The molecule has 0 unspecified atom stereocenters. The zero-order valence-corrected chi connectivity index (χ0v) is 12.8. The SMILES string of the molecule is O=C(c1ncc[nH]1)N1CCC2(CCC(=O)N(C3CC3)C2)CC1. The van der Waals surface area contributed by atoms with Crippen LogP contribution in [0.2, 0.25) is 0 Å². The maximum atomic E-state index is 12.3. The lowest BCUT2D eigenvalue weighted by Gasteiger charge is -2.47. The molecule has 2 amide bonds. The number of hydrogen-bond acceptors (Lipinski definition) is 3. The molecule has 1 aliphatic carbocycles. The third-order valence-electron chi connectivity index (χ3n) is 5.50. The molecule has 118 valence electrons. The lowest BCUT2D eigenvalue weighted by molar-refractivity contribution is -0.139. The first-order valence-electron chi connectivity index (χ1n) is 8.25. The van der Waals surface area contributed by atoms with Crippen molar-refractivity contribution in [1.82, 2.24) is 19.8 Å². The van der Waals surface area contributed by atoms with E-state index in [9.17, 15) is 9.59 Å². The fourth-order valence-corrected chi connectivity index (χ4v) is 3.89. The van der Waals surface area contributed by atoms with Crippen LogP contribution in [0.1, 0.15) is 49.1 Å². The van der Waals surface area contributed by atoms with Gasteiger partial charge in [0.15, 0.2) is 5.82 Å². The number of nitrogens with one attached hydrogen (secondary N) is 1. The van der Waals surface area contributed by atoms with Crippen LogP contribution in [0.25, 0.3) is 0 Å². The minimum absolute atomic E-state index is 0.00853. The molecular weight excluding hydrogens is 280 g/mol. The number of H-pyrrole nitrogens is 1. The molecule has 4 rings (SSSR count). The molecule has 1 spiro atoms. The monoisotopic (exact) mass is 302 g/mol. The van der Waals surface area contributed by atoms with E-state index in [1.807, 2.05) is 4.90 Å². The molecule has 6 nitrogen and oxygen atoms in total. The van der Waals surface area contributed by atoms with E-state index in [2.05, 4.69) is 14.9 Å². The molecule has 1 N–H and O–H groups in total. The number of piperidine rings is 2. The Bertz CT molecular complexity index is 571. The molecule has 0 atom stereocenters. The molecule has 3 aliphatic rings. The van der Waals surface area contributed by atoms with Crippen LogP contribution in [0, 0.1) is 5.41 Å². The van der Waals surface area contributed by atoms with Gasteiger partial charge in [0, 0.05) is 44.5 Å². The number of aromatic nitrogens is 2. The zero-order valence-electron chi connectivity index (χ0n) is 12.8. The normalized spacial score (nSPS) is 24.8. The minimum atomic E-state index is -0.00853. The average molecular weight is 302 g/mol. The van der Waals surface area contributed by atoms with Crippen LogP contribution in [0.3, 0.4) is 0 Å². The van der Waals surface area contributed by atoms with E-state index in [0.717, 1.165) is 38.9 Å². The molecule has 1 saturated carbocycles. The lowest BCUT2D eigenvalue weighted by atomic mass is 9.72. The summed E-state index contributed by atoms with van der Waals surface area (Å²) in [6.07, 6.45) is 9.29. The van der Waals surface area contributed by atoms with Gasteiger partial charge in [0.25, 0.3) is 5.91 Å². The Kier molecular flexibility index (Phi) is 3.20. The Hall–Kier alpha value is -1.85. The lowest BCUT2D eigenvalue weighted by Crippen LogP contribution is -2.53. The molecule has 22 heavy (non-hydrogen) atoms. The van der Waals surface area contributed by atoms with E-state index >= 15 is 0 Å². The fraction of sp³-hybridized carbons (Fsp3) is 0.688. The Balaban J connectivity index is 1.40. The summed E-state index contributed by atoms with van der Waals surface area (Å²) in [6, 6.07) is 0.507. The summed E-state index contributed by atoms with van der Waals surface area (Å²) in [7, 11) is 0. The Morgan fingerprint density at radius 2 is 2.05 bits per heavy atom. The number of amides is 2. The topological polar surface area (TPSA) is 69.3 Å². The van der Waals surface area contributed by atoms with Crippen molar-refractivity contribution < 1.29 is 9.59 Å². The molecule has 0 aromatic carbocycles. The maximum absolute atomic E-state index is 12.3. The third kappa shape index (κ3) is 2.40. The molecule has 0 bridgehead atoms. The summed E-state index contributed by atoms with van der Waals surface area (Å²) in [4.78, 5) is 35.4. The number of carbonyl (C=O) groups is 2. The van der Waals surface area contributed by atoms with Crippen molar-refractivity contribution in [2.75, 3.05) is 19.6 Å². The number of hydrogen-bond donors (Lipinski definition) is 1. The third-order valence-corrected chi connectivity index (χ3v) is 5.50. The first-order valence-corrected chi connectivity index (χ1v) is 8.25. The molecule has 1 aromatic heterocycles. The maximum Gasteiger partial charge on any atom is 0.289 e. The van der Waals surface area contributed by atoms with Gasteiger partial charge in [0.2, 0.25) is 5.91 Å². The van der Waals surface area contributed by atoms with Crippen LogP contribution >= 0.6 is 0 Å². The Morgan fingerprint density at radius 3 is 2.68 bits per heavy atom. The molecule has 1 aromatic rings. The van der Waals surface area contributed by atoms with Gasteiger partial charge in [-0.1, -0.05) is 0 Å². The van der Waals surface area contributed by atoms with Crippen molar-refractivity contribution in [2.45, 2.75) is 44.6 Å². The number of nitrogens with zero attached hydrogens (tertiary/aromatic N) is 3. The van der Waals surface area contributed by atoms with E-state index in [1.165, 1.54) is 12.8 Å². The number of aromatic amines is 1. The summed E-state index contributed by atoms with van der Waals surface area (Å²) in [5, 5.41) is 0. The van der Waals surface area contributed by atoms with Gasteiger partial charge < -0.3 is 14.8 Å². The van der Waals surface area contributed by atoms with Gasteiger partial charge in [-0.25, -0.2) is 4.98 Å². The summed E-state index contributed by atoms with van der Waals surface area (Å²) in [5.74, 6) is 0.752. The molecule has 0 radical (unpaired) electrons. The van der Waals surface area contributed by atoms with Crippen LogP contribution in [-0.2, 0) is 4.79 Å². The Labute approximate surface area is 129 Å². The van der Waals surface area contributed by atoms with Gasteiger partial charge >= 0.3 is 0 Å². The van der Waals surface area contributed by atoms with Gasteiger partial charge in [-0.15, -0.1) is 0 Å². The molecule has 2 saturated heterocycles. The quantitative estimate of drug-likeness (QED) is 0.898. The predicted octanol–water partition coefficient (Wildman–Crippen LogP) is 1.42. The van der Waals surface area contributed by atoms with Crippen LogP contribution in [-0.4, -0.2) is 57.3 Å². The second kappa shape index (κ2) is 5.11. The van der Waals surface area contributed by atoms with Crippen molar-refractivity contribution in [1.29, 1.82) is 0 Å². The first kappa shape index (κ1) is 13.8. The Morgan fingerprint density at radius 1 is 1.27 bits per heavy atom. The summed E-state index contributed by atoms with van der Waals surface area (Å²) < 4.78 is 0. The van der Waals surface area contributed by atoms with Crippen LogP contribution < -0.4 is 0 Å². The van der Waals surface area contributed by atoms with Crippen molar-refractivity contribution in [3.8, 4) is 0 Å². The van der Waals surface area contributed by atoms with Crippen LogP contribution in [0.4, 0.5) is 0 Å². The summed E-state index contributed by atoms with van der Waals surface area (Å²) in [5.41, 5.74) is 0.233. The van der Waals surface area contributed by atoms with E-state index in [-0.39, 0.29) is 11.3 Å². The fourth-order valence-electron chi connectivity index (χ4n) is 3.89. The van der Waals surface area contributed by atoms with E-state index in [4.69, 9.17) is 0 Å². The van der Waals surface area contributed by atoms with Gasteiger partial charge in [-0.3, -0.25) is 9.59 Å². The highest BCUT2D eigenvalue weighted by Crippen LogP contribution is 2.43. The number of rotatable bonds is 2. The molecule has 6 heteroatoms. The molecule has 3 fully saturated rings. The summed E-state index contributed by atoms with van der Waals surface area (Å²) >= 11 is 0. The molecule has 2 aliphatic heterocycles. The van der Waals surface area contributed by atoms with Gasteiger partial charge in [-0.05, 0) is 37.5 Å². The van der Waals surface area contributed by atoms with Gasteiger partial charge in [0.05, 0.1) is 0 Å². The smallest absolute Gasteiger partial charge is 0.289 e. The average Bonchev–Trinajstić information content (AvgIpc) is 3.24. The van der Waals surface area contributed by atoms with E-state index in [0.29, 0.717) is 24.2 Å². The number of likely N-dealkylation sites (tertiary alicyclic amines) is 2. The zero-order chi connectivity index (χ0) is 15.2. The van der Waals surface area contributed by atoms with Gasteiger partial charge in [-0.2, -0.15) is 0 Å². The highest BCUT2D eigenvalue weighted by Gasteiger charge is 2.45. The minimum Gasteiger partial charge on any atom is -0.341 e. The van der Waals surface area contributed by atoms with Crippen molar-refractivity contribution in [3.05, 3.63) is 18.2 Å². The second-order valence-electron chi connectivity index (χ2n) is 6.98. The highest BCUT2D eigenvalue weighted by atomic mass is 16.2. The standard InChI is InChI=1S/C16H22N4O2/c21-13-3-4-16(11-20(13)12-1-2-12)5-9-19(10-6-16)15(22)14-17-7-8-18-14/h7-8,12H,1-6,9-11H2,(H,17,18). The van der Waals surface area contributed by atoms with Crippen molar-refractivity contribution in [3.63, 3.8) is 0 Å². The first-order chi connectivity index (χ1) is 10.7. The van der Waals surface area contributed by atoms with E-state index in [1.54, 1.807) is 12.4 Å². The van der Waals surface area contributed by atoms with Crippen LogP contribution in [0.5, 0.6) is 0 Å². The molecule has 3 heterocycles. The van der Waals surface area contributed by atoms with Gasteiger partial charge in [0.1, 0.15) is 0 Å². The number of imidazole rings is 1. The predicted molar refractivity (Wildman–Crippen MR) is 80.1 cm³/mol. The second-order valence-corrected chi connectivity index (χ2v) is 6.98. The molecular formula is C16H22N4O2. The largest absolute Gasteiger partial charge is 0.341 e. The highest BCUT2D eigenvalue weighted by molar-refractivity contribution is 5.90. The van der Waals surface area contributed by atoms with E-state index < -0.39 is 0 Å².